The maximum Gasteiger partial charge on any atom is 0.230 e. The lowest BCUT2D eigenvalue weighted by Crippen LogP contribution is -2.15. The van der Waals surface area contributed by atoms with Gasteiger partial charge >= 0.3 is 0 Å². The number of rotatable bonds is 3. The second kappa shape index (κ2) is 5.40. The van der Waals surface area contributed by atoms with Crippen molar-refractivity contribution in [1.82, 2.24) is 19.5 Å². The zero-order valence-corrected chi connectivity index (χ0v) is 11.6. The summed E-state index contributed by atoms with van der Waals surface area (Å²) in [6, 6.07) is 5.89. The van der Waals surface area contributed by atoms with E-state index in [-0.39, 0.29) is 11.8 Å². The van der Waals surface area contributed by atoms with Crippen LogP contribution in [0.5, 0.6) is 0 Å². The molecule has 0 unspecified atom stereocenters. The fourth-order valence-corrected chi connectivity index (χ4v) is 1.62. The van der Waals surface area contributed by atoms with Gasteiger partial charge in [0.1, 0.15) is 6.07 Å². The Morgan fingerprint density at radius 3 is 2.70 bits per heavy atom. The van der Waals surface area contributed by atoms with Gasteiger partial charge in [0.15, 0.2) is 5.82 Å². The van der Waals surface area contributed by atoms with Crippen LogP contribution in [0.4, 0.5) is 11.9 Å². The highest BCUT2D eigenvalue weighted by Gasteiger charge is 2.11. The second-order valence-corrected chi connectivity index (χ2v) is 4.43. The third-order valence-corrected chi connectivity index (χ3v) is 2.68. The first-order chi connectivity index (χ1) is 9.51. The smallest absolute Gasteiger partial charge is 0.230 e. The average Bonchev–Trinajstić information content (AvgIpc) is 2.80. The van der Waals surface area contributed by atoms with Gasteiger partial charge in [-0.3, -0.25) is 0 Å². The minimum Gasteiger partial charge on any atom is -0.368 e. The highest BCUT2D eigenvalue weighted by Crippen LogP contribution is 2.17. The molecule has 0 aliphatic rings. The van der Waals surface area contributed by atoms with Crippen molar-refractivity contribution in [3.05, 3.63) is 29.8 Å². The number of hydrogen-bond donors (Lipinski definition) is 1. The fourth-order valence-electron chi connectivity index (χ4n) is 1.62. The number of nitrogen functional groups attached to an aromatic ring is 1. The predicted octanol–water partition coefficient (Wildman–Crippen LogP) is 0.922. The van der Waals surface area contributed by atoms with Gasteiger partial charge in [-0.25, -0.2) is 0 Å². The first-order valence-corrected chi connectivity index (χ1v) is 5.93. The minimum atomic E-state index is 0.0896. The van der Waals surface area contributed by atoms with Crippen LogP contribution in [0.15, 0.2) is 18.3 Å². The molecule has 0 amide bonds. The van der Waals surface area contributed by atoms with Crippen molar-refractivity contribution in [1.29, 1.82) is 5.26 Å². The summed E-state index contributed by atoms with van der Waals surface area (Å²) >= 11 is 0. The van der Waals surface area contributed by atoms with Crippen molar-refractivity contribution in [3.8, 4) is 6.07 Å². The van der Waals surface area contributed by atoms with Crippen LogP contribution in [0.1, 0.15) is 11.5 Å². The molecule has 0 fully saturated rings. The van der Waals surface area contributed by atoms with Crippen molar-refractivity contribution in [2.45, 2.75) is 0 Å². The summed E-state index contributed by atoms with van der Waals surface area (Å²) in [6.45, 7) is 0. The molecule has 7 heteroatoms. The molecule has 0 radical (unpaired) electrons. The van der Waals surface area contributed by atoms with E-state index in [0.29, 0.717) is 11.5 Å². The Morgan fingerprint density at radius 2 is 2.15 bits per heavy atom. The van der Waals surface area contributed by atoms with Crippen molar-refractivity contribution < 1.29 is 0 Å². The molecule has 0 aliphatic heterocycles. The van der Waals surface area contributed by atoms with Gasteiger partial charge in [0.25, 0.3) is 0 Å². The van der Waals surface area contributed by atoms with Crippen LogP contribution in [-0.4, -0.2) is 33.6 Å². The van der Waals surface area contributed by atoms with E-state index in [4.69, 9.17) is 5.73 Å². The molecule has 0 aromatic carbocycles. The van der Waals surface area contributed by atoms with Crippen molar-refractivity contribution in [2.24, 2.45) is 7.05 Å². The molecule has 0 saturated heterocycles. The maximum atomic E-state index is 9.31. The Kier molecular flexibility index (Phi) is 3.66. The standard InChI is InChI=1S/C13H15N7/c1-19(2)13-17-11(16-12(15)18-13)9(8-14)7-10-5-4-6-20(10)3/h4-7H,1-3H3,(H2,15,16,17,18)/b9-7-. The molecule has 2 heterocycles. The highest BCUT2D eigenvalue weighted by molar-refractivity contribution is 5.86. The summed E-state index contributed by atoms with van der Waals surface area (Å²) in [5.41, 5.74) is 6.88. The number of nitriles is 1. The highest BCUT2D eigenvalue weighted by atomic mass is 15.3. The quantitative estimate of drug-likeness (QED) is 0.832. The first-order valence-electron chi connectivity index (χ1n) is 5.93. The first kappa shape index (κ1) is 13.5. The molecule has 0 bridgehead atoms. The van der Waals surface area contributed by atoms with Crippen LogP contribution in [0, 0.1) is 11.3 Å². The van der Waals surface area contributed by atoms with Crippen molar-refractivity contribution >= 4 is 23.5 Å². The third kappa shape index (κ3) is 2.75. The van der Waals surface area contributed by atoms with E-state index in [9.17, 15) is 5.26 Å². The molecular formula is C13H15N7. The van der Waals surface area contributed by atoms with Gasteiger partial charge in [-0.05, 0) is 18.2 Å². The van der Waals surface area contributed by atoms with Gasteiger partial charge in [0.05, 0.1) is 5.57 Å². The normalized spacial score (nSPS) is 11.2. The molecule has 2 aromatic rings. The number of hydrogen-bond acceptors (Lipinski definition) is 6. The Balaban J connectivity index is 2.51. The molecule has 2 N–H and O–H groups in total. The minimum absolute atomic E-state index is 0.0896. The monoisotopic (exact) mass is 269 g/mol. The van der Waals surface area contributed by atoms with E-state index in [0.717, 1.165) is 5.69 Å². The average molecular weight is 269 g/mol. The number of aromatic nitrogens is 4. The molecule has 0 spiro atoms. The summed E-state index contributed by atoms with van der Waals surface area (Å²) in [7, 11) is 5.49. The van der Waals surface area contributed by atoms with E-state index >= 15 is 0 Å². The van der Waals surface area contributed by atoms with Crippen LogP contribution in [-0.2, 0) is 7.05 Å². The van der Waals surface area contributed by atoms with Gasteiger partial charge in [0, 0.05) is 33.0 Å². The number of anilines is 2. The molecule has 2 aromatic heterocycles. The molecule has 7 nitrogen and oxygen atoms in total. The van der Waals surface area contributed by atoms with Crippen molar-refractivity contribution in [2.75, 3.05) is 24.7 Å². The zero-order valence-electron chi connectivity index (χ0n) is 11.6. The van der Waals surface area contributed by atoms with Gasteiger partial charge in [0.2, 0.25) is 11.9 Å². The number of nitrogens with zero attached hydrogens (tertiary/aromatic N) is 6. The summed E-state index contributed by atoms with van der Waals surface area (Å²) < 4.78 is 1.90. The third-order valence-electron chi connectivity index (χ3n) is 2.68. The lowest BCUT2D eigenvalue weighted by molar-refractivity contribution is 0.914. The fraction of sp³-hybridized carbons (Fsp3) is 0.231. The predicted molar refractivity (Wildman–Crippen MR) is 77.5 cm³/mol. The molecular weight excluding hydrogens is 254 g/mol. The largest absolute Gasteiger partial charge is 0.368 e. The number of aryl methyl sites for hydroxylation is 1. The molecule has 20 heavy (non-hydrogen) atoms. The zero-order chi connectivity index (χ0) is 14.7. The Bertz CT molecular complexity index is 691. The van der Waals surface area contributed by atoms with E-state index in [2.05, 4.69) is 21.0 Å². The summed E-state index contributed by atoms with van der Waals surface area (Å²) in [4.78, 5) is 14.0. The maximum absolute atomic E-state index is 9.31. The number of nitrogens with two attached hydrogens (primary N) is 1. The SMILES string of the molecule is CN(C)c1nc(N)nc(/C(C#N)=C\c2cccn2C)n1. The van der Waals surface area contributed by atoms with Crippen LogP contribution in [0.25, 0.3) is 11.6 Å². The number of allylic oxidation sites excluding steroid dienone is 1. The molecule has 0 aliphatic carbocycles. The lowest BCUT2D eigenvalue weighted by atomic mass is 10.2. The van der Waals surface area contributed by atoms with Gasteiger partial charge < -0.3 is 15.2 Å². The summed E-state index contributed by atoms with van der Waals surface area (Å²) in [5, 5.41) is 9.31. The topological polar surface area (TPSA) is 96.7 Å². The van der Waals surface area contributed by atoms with Crippen LogP contribution < -0.4 is 10.6 Å². The Morgan fingerprint density at radius 1 is 1.40 bits per heavy atom. The van der Waals surface area contributed by atoms with E-state index in [1.807, 2.05) is 29.9 Å². The van der Waals surface area contributed by atoms with E-state index < -0.39 is 0 Å². The van der Waals surface area contributed by atoms with Crippen LogP contribution in [0.3, 0.4) is 0 Å². The van der Waals surface area contributed by atoms with Crippen molar-refractivity contribution in [3.63, 3.8) is 0 Å². The van der Waals surface area contributed by atoms with Gasteiger partial charge in [-0.1, -0.05) is 0 Å². The Labute approximate surface area is 117 Å². The Hall–Kier alpha value is -2.88. The second-order valence-electron chi connectivity index (χ2n) is 4.43. The molecule has 102 valence electrons. The summed E-state index contributed by atoms with van der Waals surface area (Å²) in [5.74, 6) is 0.775. The summed E-state index contributed by atoms with van der Waals surface area (Å²) in [6.07, 6.45) is 3.61. The molecule has 0 saturated carbocycles. The van der Waals surface area contributed by atoms with Gasteiger partial charge in [-0.2, -0.15) is 20.2 Å². The lowest BCUT2D eigenvalue weighted by Gasteiger charge is -2.11. The van der Waals surface area contributed by atoms with E-state index in [1.54, 1.807) is 25.1 Å². The van der Waals surface area contributed by atoms with Gasteiger partial charge in [-0.15, -0.1) is 0 Å². The molecule has 2 rings (SSSR count). The van der Waals surface area contributed by atoms with Crippen LogP contribution in [0.2, 0.25) is 0 Å². The van der Waals surface area contributed by atoms with Crippen LogP contribution >= 0.6 is 0 Å². The van der Waals surface area contributed by atoms with E-state index in [1.165, 1.54) is 0 Å². The molecule has 0 atom stereocenters.